The molecule has 0 radical (unpaired) electrons. The first-order chi connectivity index (χ1) is 12.8. The molecule has 1 aliphatic heterocycles. The Kier molecular flexibility index (Phi) is 4.70. The average Bonchev–Trinajstić information content (AvgIpc) is 3.39. The predicted octanol–water partition coefficient (Wildman–Crippen LogP) is 3.13. The van der Waals surface area contributed by atoms with Crippen LogP contribution in [-0.2, 0) is 4.84 Å². The normalized spacial score (nSPS) is 16.0. The zero-order chi connectivity index (χ0) is 17.8. The molecular weight excluding hydrogens is 348 g/mol. The Morgan fingerprint density at radius 1 is 1.08 bits per heavy atom. The maximum absolute atomic E-state index is 11.9. The van der Waals surface area contributed by atoms with Gasteiger partial charge in [-0.05, 0) is 28.2 Å². The Labute approximate surface area is 154 Å². The summed E-state index contributed by atoms with van der Waals surface area (Å²) in [4.78, 5) is 17.3. The van der Waals surface area contributed by atoms with Gasteiger partial charge >= 0.3 is 0 Å². The van der Waals surface area contributed by atoms with E-state index in [1.807, 2.05) is 30.3 Å². The summed E-state index contributed by atoms with van der Waals surface area (Å²) in [5.74, 6) is -0.247. The van der Waals surface area contributed by atoms with Crippen LogP contribution in [0.15, 0.2) is 65.1 Å². The molecule has 0 unspecified atom stereocenters. The number of aromatic nitrogens is 2. The van der Waals surface area contributed by atoms with Gasteiger partial charge in [0.05, 0.1) is 12.3 Å². The maximum atomic E-state index is 11.9. The average molecular weight is 364 g/mol. The number of carbonyl (C=O) groups is 1. The van der Waals surface area contributed by atoms with Crippen molar-refractivity contribution in [3.8, 4) is 11.1 Å². The van der Waals surface area contributed by atoms with E-state index in [9.17, 15) is 4.79 Å². The van der Waals surface area contributed by atoms with Crippen LogP contribution in [0, 0.1) is 0 Å². The summed E-state index contributed by atoms with van der Waals surface area (Å²) in [6.07, 6.45) is 0.481. The van der Waals surface area contributed by atoms with Crippen molar-refractivity contribution >= 4 is 23.2 Å². The van der Waals surface area contributed by atoms with Crippen molar-refractivity contribution in [3.05, 3.63) is 71.2 Å². The summed E-state index contributed by atoms with van der Waals surface area (Å²) >= 11 is 1.15. The molecule has 0 saturated carbocycles. The van der Waals surface area contributed by atoms with Gasteiger partial charge in [0, 0.05) is 11.8 Å². The molecule has 6 nitrogen and oxygen atoms in total. The van der Waals surface area contributed by atoms with Gasteiger partial charge in [-0.3, -0.25) is 4.79 Å². The third-order valence-electron chi connectivity index (χ3n) is 4.14. The van der Waals surface area contributed by atoms with Crippen LogP contribution >= 0.6 is 11.5 Å². The van der Waals surface area contributed by atoms with E-state index in [4.69, 9.17) is 4.84 Å². The highest BCUT2D eigenvalue weighted by Crippen LogP contribution is 2.22. The van der Waals surface area contributed by atoms with E-state index in [0.29, 0.717) is 18.7 Å². The van der Waals surface area contributed by atoms with E-state index < -0.39 is 0 Å². The van der Waals surface area contributed by atoms with Crippen LogP contribution in [0.3, 0.4) is 0 Å². The summed E-state index contributed by atoms with van der Waals surface area (Å²) in [5.41, 5.74) is 4.59. The molecule has 2 aromatic carbocycles. The number of hydrogen-bond donors (Lipinski definition) is 1. The maximum Gasteiger partial charge on any atom is 0.272 e. The molecular formula is C19H16N4O2S. The number of carbonyl (C=O) groups excluding carboxylic acids is 1. The van der Waals surface area contributed by atoms with E-state index in [1.54, 1.807) is 5.38 Å². The van der Waals surface area contributed by atoms with E-state index in [1.165, 1.54) is 5.56 Å². The molecule has 0 saturated heterocycles. The monoisotopic (exact) mass is 364 g/mol. The van der Waals surface area contributed by atoms with Gasteiger partial charge in [-0.15, -0.1) is 5.10 Å². The number of rotatable bonds is 5. The third kappa shape index (κ3) is 3.62. The number of amides is 1. The minimum atomic E-state index is -0.247. The van der Waals surface area contributed by atoms with E-state index in [0.717, 1.165) is 28.4 Å². The topological polar surface area (TPSA) is 76.5 Å². The fraction of sp³-hybridized carbons (Fsp3) is 0.158. The SMILES string of the molecule is O=C(NC[C@@H]1CC(c2ccc(-c3ccccc3)cc2)=NO1)c1csnn1. The number of nitrogens with one attached hydrogen (secondary N) is 1. The van der Waals surface area contributed by atoms with Crippen LogP contribution < -0.4 is 5.32 Å². The van der Waals surface area contributed by atoms with Gasteiger partial charge < -0.3 is 10.2 Å². The van der Waals surface area contributed by atoms with Crippen LogP contribution in [0.25, 0.3) is 11.1 Å². The smallest absolute Gasteiger partial charge is 0.272 e. The molecule has 1 aliphatic rings. The predicted molar refractivity (Wildman–Crippen MR) is 100 cm³/mol. The largest absolute Gasteiger partial charge is 0.390 e. The van der Waals surface area contributed by atoms with E-state index >= 15 is 0 Å². The fourth-order valence-corrected chi connectivity index (χ4v) is 3.19. The first-order valence-corrected chi connectivity index (χ1v) is 9.07. The van der Waals surface area contributed by atoms with Gasteiger partial charge in [-0.25, -0.2) is 0 Å². The van der Waals surface area contributed by atoms with Crippen LogP contribution in [0.4, 0.5) is 0 Å². The van der Waals surface area contributed by atoms with Crippen molar-refractivity contribution in [2.45, 2.75) is 12.5 Å². The van der Waals surface area contributed by atoms with Crippen molar-refractivity contribution < 1.29 is 9.63 Å². The van der Waals surface area contributed by atoms with Gasteiger partial charge in [0.15, 0.2) is 5.69 Å². The molecule has 1 aromatic heterocycles. The lowest BCUT2D eigenvalue weighted by Gasteiger charge is -2.08. The molecule has 1 atom stereocenters. The minimum absolute atomic E-state index is 0.172. The number of benzene rings is 2. The van der Waals surface area contributed by atoms with Crippen molar-refractivity contribution in [2.24, 2.45) is 5.16 Å². The fourth-order valence-electron chi connectivity index (χ4n) is 2.75. The molecule has 7 heteroatoms. The molecule has 0 spiro atoms. The summed E-state index contributed by atoms with van der Waals surface area (Å²) in [5, 5.41) is 12.3. The summed E-state index contributed by atoms with van der Waals surface area (Å²) in [7, 11) is 0. The standard InChI is InChI=1S/C19H16N4O2S/c24-19(18-12-26-23-21-18)20-11-16-10-17(22-25-16)15-8-6-14(7-9-15)13-4-2-1-3-5-13/h1-9,12,16H,10-11H2,(H,20,24)/t16-/m0/s1. The lowest BCUT2D eigenvalue weighted by molar-refractivity contribution is 0.0751. The Morgan fingerprint density at radius 3 is 2.54 bits per heavy atom. The van der Waals surface area contributed by atoms with Gasteiger partial charge in [-0.2, -0.15) is 0 Å². The summed E-state index contributed by atoms with van der Waals surface area (Å²) in [6, 6.07) is 18.5. The second-order valence-corrected chi connectivity index (χ2v) is 6.52. The molecule has 4 rings (SSSR count). The lowest BCUT2D eigenvalue weighted by atomic mass is 10.0. The first kappa shape index (κ1) is 16.4. The molecule has 1 N–H and O–H groups in total. The first-order valence-electron chi connectivity index (χ1n) is 8.23. The minimum Gasteiger partial charge on any atom is -0.390 e. The van der Waals surface area contributed by atoms with Crippen LogP contribution in [0.2, 0.25) is 0 Å². The van der Waals surface area contributed by atoms with E-state index in [2.05, 4.69) is 44.3 Å². The lowest BCUT2D eigenvalue weighted by Crippen LogP contribution is -2.32. The van der Waals surface area contributed by atoms with Crippen LogP contribution in [-0.4, -0.2) is 33.9 Å². The number of oxime groups is 1. The van der Waals surface area contributed by atoms with Crippen molar-refractivity contribution in [3.63, 3.8) is 0 Å². The zero-order valence-electron chi connectivity index (χ0n) is 13.8. The van der Waals surface area contributed by atoms with Gasteiger partial charge in [-0.1, -0.05) is 64.2 Å². The molecule has 1 amide bonds. The van der Waals surface area contributed by atoms with Gasteiger partial charge in [0.25, 0.3) is 5.91 Å². The van der Waals surface area contributed by atoms with Gasteiger partial charge in [0.1, 0.15) is 6.10 Å². The Hall–Kier alpha value is -3.06. The van der Waals surface area contributed by atoms with Crippen molar-refractivity contribution in [2.75, 3.05) is 6.54 Å². The molecule has 26 heavy (non-hydrogen) atoms. The number of nitrogens with zero attached hydrogens (tertiary/aromatic N) is 3. The molecule has 0 bridgehead atoms. The van der Waals surface area contributed by atoms with Crippen LogP contribution in [0.5, 0.6) is 0 Å². The third-order valence-corrected chi connectivity index (χ3v) is 4.65. The van der Waals surface area contributed by atoms with Crippen molar-refractivity contribution in [1.29, 1.82) is 0 Å². The zero-order valence-corrected chi connectivity index (χ0v) is 14.6. The highest BCUT2D eigenvalue weighted by Gasteiger charge is 2.23. The molecule has 0 aliphatic carbocycles. The second-order valence-electron chi connectivity index (χ2n) is 5.91. The highest BCUT2D eigenvalue weighted by atomic mass is 32.1. The van der Waals surface area contributed by atoms with E-state index in [-0.39, 0.29) is 12.0 Å². The summed E-state index contributed by atoms with van der Waals surface area (Å²) < 4.78 is 3.68. The second kappa shape index (κ2) is 7.45. The Balaban J connectivity index is 1.34. The molecule has 2 heterocycles. The Morgan fingerprint density at radius 2 is 1.81 bits per heavy atom. The summed E-state index contributed by atoms with van der Waals surface area (Å²) in [6.45, 7) is 0.380. The number of hydrogen-bond acceptors (Lipinski definition) is 6. The molecule has 130 valence electrons. The molecule has 3 aromatic rings. The molecule has 0 fully saturated rings. The van der Waals surface area contributed by atoms with Crippen molar-refractivity contribution in [1.82, 2.24) is 14.9 Å². The quantitative estimate of drug-likeness (QED) is 0.755. The van der Waals surface area contributed by atoms with Gasteiger partial charge in [0.2, 0.25) is 0 Å². The Bertz CT molecular complexity index is 908. The van der Waals surface area contributed by atoms with Crippen LogP contribution in [0.1, 0.15) is 22.5 Å². The highest BCUT2D eigenvalue weighted by molar-refractivity contribution is 7.03.